The molecule has 0 saturated carbocycles. The highest BCUT2D eigenvalue weighted by Crippen LogP contribution is 2.67. The van der Waals surface area contributed by atoms with Gasteiger partial charge in [-0.05, 0) is 84.8 Å². The van der Waals surface area contributed by atoms with E-state index in [0.29, 0.717) is 6.42 Å². The first-order valence-corrected chi connectivity index (χ1v) is 13.7. The van der Waals surface area contributed by atoms with E-state index in [4.69, 9.17) is 9.72 Å². The van der Waals surface area contributed by atoms with Crippen molar-refractivity contribution in [2.24, 2.45) is 0 Å². The highest BCUT2D eigenvalue weighted by molar-refractivity contribution is 5.95. The number of piperidine rings is 1. The summed E-state index contributed by atoms with van der Waals surface area (Å²) >= 11 is 0. The zero-order valence-electron chi connectivity index (χ0n) is 21.6. The third kappa shape index (κ3) is 2.17. The van der Waals surface area contributed by atoms with Crippen LogP contribution in [0.5, 0.6) is 5.75 Å². The molecule has 37 heavy (non-hydrogen) atoms. The number of benzene rings is 3. The van der Waals surface area contributed by atoms with E-state index in [1.807, 2.05) is 0 Å². The lowest BCUT2D eigenvalue weighted by Crippen LogP contribution is -2.74. The fourth-order valence-corrected chi connectivity index (χ4v) is 8.95. The van der Waals surface area contributed by atoms with Crippen LogP contribution in [-0.4, -0.2) is 40.2 Å². The van der Waals surface area contributed by atoms with Crippen LogP contribution >= 0.6 is 0 Å². The first-order chi connectivity index (χ1) is 17.9. The zero-order valence-corrected chi connectivity index (χ0v) is 21.6. The van der Waals surface area contributed by atoms with Gasteiger partial charge in [0, 0.05) is 29.8 Å². The molecular weight excluding hydrogens is 456 g/mol. The van der Waals surface area contributed by atoms with Crippen LogP contribution in [0.1, 0.15) is 57.2 Å². The number of ether oxygens (including phenoxy) is 1. The van der Waals surface area contributed by atoms with E-state index in [1.54, 1.807) is 0 Å². The molecule has 1 N–H and O–H groups in total. The minimum atomic E-state index is -0.878. The summed E-state index contributed by atoms with van der Waals surface area (Å²) in [6.07, 6.45) is 3.06. The van der Waals surface area contributed by atoms with Gasteiger partial charge >= 0.3 is 0 Å². The van der Waals surface area contributed by atoms with Gasteiger partial charge in [-0.15, -0.1) is 0 Å². The van der Waals surface area contributed by atoms with Crippen LogP contribution in [0.25, 0.3) is 22.0 Å². The van der Waals surface area contributed by atoms with E-state index in [1.165, 1.54) is 49.9 Å². The van der Waals surface area contributed by atoms with Gasteiger partial charge in [0.25, 0.3) is 0 Å². The van der Waals surface area contributed by atoms with Crippen LogP contribution in [0.15, 0.2) is 48.5 Å². The van der Waals surface area contributed by atoms with E-state index in [9.17, 15) is 5.11 Å². The van der Waals surface area contributed by atoms with Crippen LogP contribution in [0.3, 0.4) is 0 Å². The van der Waals surface area contributed by atoms with Gasteiger partial charge in [-0.3, -0.25) is 0 Å². The lowest BCUT2D eigenvalue weighted by Gasteiger charge is -2.62. The Balaban J connectivity index is 1.36. The Bertz CT molecular complexity index is 1720. The van der Waals surface area contributed by atoms with E-state index in [0.717, 1.165) is 48.3 Å². The summed E-state index contributed by atoms with van der Waals surface area (Å²) in [6, 6.07) is 17.8. The van der Waals surface area contributed by atoms with Crippen molar-refractivity contribution in [2.75, 3.05) is 13.6 Å². The minimum absolute atomic E-state index is 0.0753. The zero-order chi connectivity index (χ0) is 24.8. The second-order valence-corrected chi connectivity index (χ2v) is 12.2. The van der Waals surface area contributed by atoms with Gasteiger partial charge in [-0.2, -0.15) is 0 Å². The summed E-state index contributed by atoms with van der Waals surface area (Å²) in [5.41, 5.74) is 12.5. The number of aliphatic hydroxyl groups is 1. The number of nitrogens with zero attached hydrogens (tertiary/aromatic N) is 2. The van der Waals surface area contributed by atoms with Crippen molar-refractivity contribution in [3.63, 3.8) is 0 Å². The molecule has 2 aliphatic heterocycles. The molecule has 184 valence electrons. The fraction of sp³-hybridized carbons (Fsp3) is 0.364. The lowest BCUT2D eigenvalue weighted by atomic mass is 9.48. The molecule has 4 heteroatoms. The average Bonchev–Trinajstić information content (AvgIpc) is 3.45. The molecule has 4 nitrogen and oxygen atoms in total. The fourth-order valence-electron chi connectivity index (χ4n) is 8.95. The Morgan fingerprint density at radius 3 is 2.76 bits per heavy atom. The van der Waals surface area contributed by atoms with E-state index in [2.05, 4.69) is 74.3 Å². The van der Waals surface area contributed by atoms with Gasteiger partial charge in [0.05, 0.1) is 22.2 Å². The predicted molar refractivity (Wildman–Crippen MR) is 144 cm³/mol. The molecule has 1 spiro atoms. The van der Waals surface area contributed by atoms with Gasteiger partial charge in [0.1, 0.15) is 5.75 Å². The number of aryl methyl sites for hydroxylation is 2. The van der Waals surface area contributed by atoms with Crippen LogP contribution in [-0.2, 0) is 24.7 Å². The number of pyridine rings is 1. The summed E-state index contributed by atoms with van der Waals surface area (Å²) in [4.78, 5) is 7.91. The van der Waals surface area contributed by atoms with E-state index < -0.39 is 11.0 Å². The van der Waals surface area contributed by atoms with Crippen molar-refractivity contribution in [1.82, 2.24) is 9.88 Å². The summed E-state index contributed by atoms with van der Waals surface area (Å²) in [6.45, 7) is 5.35. The van der Waals surface area contributed by atoms with Crippen LogP contribution in [0.4, 0.5) is 0 Å². The molecule has 2 bridgehead atoms. The highest BCUT2D eigenvalue weighted by atomic mass is 16.5. The molecule has 3 aliphatic carbocycles. The normalized spacial score (nSPS) is 29.9. The standard InChI is InChI=1S/C33H30N2O2/c1-17-8-9-20-15-26-33(36)16-25-18(2)21-10-11-23-22-7-5-4-6-19(22)14-24(23)28(21)34-29(25)31-32(33,12-13-35(26)3)27(20)30(17)37-31/h4-11,26,31,36H,12-16H2,1-3H3/t26-,31-,32-,33+/m0/s1. The first kappa shape index (κ1) is 20.8. The van der Waals surface area contributed by atoms with Crippen LogP contribution < -0.4 is 4.74 Å². The van der Waals surface area contributed by atoms with Crippen LogP contribution in [0.2, 0.25) is 0 Å². The molecule has 4 atom stereocenters. The van der Waals surface area contributed by atoms with E-state index in [-0.39, 0.29) is 12.1 Å². The third-order valence-electron chi connectivity index (χ3n) is 10.7. The van der Waals surface area contributed by atoms with E-state index >= 15 is 0 Å². The lowest BCUT2D eigenvalue weighted by molar-refractivity contribution is -0.168. The van der Waals surface area contributed by atoms with Crippen LogP contribution in [0, 0.1) is 13.8 Å². The Hall–Kier alpha value is -3.21. The number of likely N-dealkylation sites (N-methyl/N-ethyl adjacent to an activating group) is 1. The number of aromatic nitrogens is 1. The molecule has 0 amide bonds. The smallest absolute Gasteiger partial charge is 0.153 e. The summed E-state index contributed by atoms with van der Waals surface area (Å²) in [5.74, 6) is 1.00. The van der Waals surface area contributed by atoms with Gasteiger partial charge < -0.3 is 14.7 Å². The largest absolute Gasteiger partial charge is 0.482 e. The summed E-state index contributed by atoms with van der Waals surface area (Å²) in [5, 5.41) is 14.1. The third-order valence-corrected chi connectivity index (χ3v) is 10.7. The number of likely N-dealkylation sites (tertiary alicyclic amines) is 1. The first-order valence-electron chi connectivity index (χ1n) is 13.7. The molecule has 0 radical (unpaired) electrons. The molecule has 3 aromatic carbocycles. The Kier molecular flexibility index (Phi) is 3.62. The SMILES string of the molecule is Cc1ccc2c3c1O[C@H]1c4nc5c6c(ccc5c(C)c4C[C@@]4(O)[C@H](C2)N(C)CC[C@]314)-c1ccccc1C6. The molecule has 4 aromatic rings. The Morgan fingerprint density at radius 1 is 1.00 bits per heavy atom. The van der Waals surface area contributed by atoms with Gasteiger partial charge in [0.15, 0.2) is 6.10 Å². The molecule has 3 heterocycles. The quantitative estimate of drug-likeness (QED) is 0.321. The maximum absolute atomic E-state index is 12.8. The van der Waals surface area contributed by atoms with Crippen molar-refractivity contribution in [2.45, 2.75) is 62.7 Å². The van der Waals surface area contributed by atoms with Gasteiger partial charge in [0.2, 0.25) is 0 Å². The summed E-state index contributed by atoms with van der Waals surface area (Å²) < 4.78 is 6.98. The molecule has 9 rings (SSSR count). The van der Waals surface area contributed by atoms with Crippen molar-refractivity contribution < 1.29 is 9.84 Å². The molecule has 5 aliphatic rings. The predicted octanol–water partition coefficient (Wildman–Crippen LogP) is 5.34. The Labute approximate surface area is 216 Å². The molecule has 1 fully saturated rings. The second-order valence-electron chi connectivity index (χ2n) is 12.2. The summed E-state index contributed by atoms with van der Waals surface area (Å²) in [7, 11) is 2.18. The topological polar surface area (TPSA) is 45.6 Å². The number of fused-ring (bicyclic) bond motifs is 7. The van der Waals surface area contributed by atoms with Crippen molar-refractivity contribution >= 4 is 10.9 Å². The monoisotopic (exact) mass is 486 g/mol. The van der Waals surface area contributed by atoms with Gasteiger partial charge in [-0.1, -0.05) is 48.5 Å². The highest BCUT2D eigenvalue weighted by Gasteiger charge is 2.72. The minimum Gasteiger partial charge on any atom is -0.482 e. The maximum atomic E-state index is 12.8. The van der Waals surface area contributed by atoms with Gasteiger partial charge in [-0.25, -0.2) is 4.98 Å². The second kappa shape index (κ2) is 6.43. The molecule has 0 unspecified atom stereocenters. The molecule has 1 saturated heterocycles. The average molecular weight is 487 g/mol. The number of rotatable bonds is 0. The number of hydrogen-bond donors (Lipinski definition) is 1. The van der Waals surface area contributed by atoms with Crippen molar-refractivity contribution in [3.05, 3.63) is 93.2 Å². The number of hydrogen-bond acceptors (Lipinski definition) is 4. The molecule has 1 aromatic heterocycles. The van der Waals surface area contributed by atoms with Crippen molar-refractivity contribution in [3.8, 4) is 16.9 Å². The maximum Gasteiger partial charge on any atom is 0.153 e. The van der Waals surface area contributed by atoms with Crippen molar-refractivity contribution in [1.29, 1.82) is 0 Å². The molecular formula is C33H30N2O2. The Morgan fingerprint density at radius 2 is 1.86 bits per heavy atom.